The maximum absolute atomic E-state index is 12.0. The predicted molar refractivity (Wildman–Crippen MR) is 77.3 cm³/mol. The molecule has 1 amide bonds. The molecule has 0 aromatic heterocycles. The van der Waals surface area contributed by atoms with E-state index in [2.05, 4.69) is 12.2 Å². The summed E-state index contributed by atoms with van der Waals surface area (Å²) in [6.07, 6.45) is 0. The summed E-state index contributed by atoms with van der Waals surface area (Å²) >= 11 is 0. The average molecular weight is 264 g/mol. The lowest BCUT2D eigenvalue weighted by molar-refractivity contribution is -0.131. The summed E-state index contributed by atoms with van der Waals surface area (Å²) in [7, 11) is 3.47. The highest BCUT2D eigenvalue weighted by molar-refractivity contribution is 5.81. The zero-order valence-corrected chi connectivity index (χ0v) is 12.4. The number of carbonyl (C=O) groups is 1. The van der Waals surface area contributed by atoms with E-state index < -0.39 is 0 Å². The molecule has 0 radical (unpaired) electrons. The van der Waals surface area contributed by atoms with Gasteiger partial charge in [-0.3, -0.25) is 10.1 Å². The molecule has 0 saturated heterocycles. The second kappa shape index (κ2) is 7.14. The van der Waals surface area contributed by atoms with E-state index in [-0.39, 0.29) is 18.0 Å². The largest absolute Gasteiger partial charge is 0.497 e. The molecule has 0 fully saturated rings. The Morgan fingerprint density at radius 2 is 1.89 bits per heavy atom. The monoisotopic (exact) mass is 264 g/mol. The van der Waals surface area contributed by atoms with Crippen molar-refractivity contribution in [3.05, 3.63) is 29.8 Å². The van der Waals surface area contributed by atoms with Gasteiger partial charge >= 0.3 is 0 Å². The Morgan fingerprint density at radius 1 is 1.32 bits per heavy atom. The van der Waals surface area contributed by atoms with Gasteiger partial charge in [-0.25, -0.2) is 0 Å². The van der Waals surface area contributed by atoms with Crippen LogP contribution in [-0.2, 0) is 4.79 Å². The van der Waals surface area contributed by atoms with Gasteiger partial charge in [-0.05, 0) is 38.5 Å². The third kappa shape index (κ3) is 4.24. The fourth-order valence-electron chi connectivity index (χ4n) is 1.92. The summed E-state index contributed by atoms with van der Waals surface area (Å²) < 4.78 is 5.13. The molecule has 0 aliphatic heterocycles. The molecule has 0 aliphatic carbocycles. The number of likely N-dealkylation sites (N-methyl/N-ethyl adjacent to an activating group) is 1. The minimum atomic E-state index is -0.193. The van der Waals surface area contributed by atoms with E-state index in [1.165, 1.54) is 0 Å². The van der Waals surface area contributed by atoms with Crippen LogP contribution in [0.1, 0.15) is 32.4 Å². The van der Waals surface area contributed by atoms with Gasteiger partial charge in [0.25, 0.3) is 0 Å². The third-order valence-electron chi connectivity index (χ3n) is 3.34. The molecule has 2 atom stereocenters. The highest BCUT2D eigenvalue weighted by atomic mass is 16.5. The first-order valence-corrected chi connectivity index (χ1v) is 6.64. The van der Waals surface area contributed by atoms with E-state index in [1.807, 2.05) is 45.2 Å². The molecular formula is C15H24N2O2. The molecule has 106 valence electrons. The van der Waals surface area contributed by atoms with Crippen LogP contribution < -0.4 is 10.1 Å². The minimum Gasteiger partial charge on any atom is -0.497 e. The van der Waals surface area contributed by atoms with Crippen LogP contribution in [0.15, 0.2) is 24.3 Å². The number of hydrogen-bond donors (Lipinski definition) is 1. The minimum absolute atomic E-state index is 0.114. The Morgan fingerprint density at radius 3 is 2.37 bits per heavy atom. The lowest BCUT2D eigenvalue weighted by Crippen LogP contribution is -2.43. The number of hydrogen-bond acceptors (Lipinski definition) is 3. The summed E-state index contributed by atoms with van der Waals surface area (Å²) in [4.78, 5) is 13.7. The standard InChI is InChI=1S/C15H24N2O2/c1-6-17(4)15(18)12(3)16-11(2)13-7-9-14(19-5)10-8-13/h7-12,16H,6H2,1-5H3. The van der Waals surface area contributed by atoms with Crippen LogP contribution >= 0.6 is 0 Å². The summed E-state index contributed by atoms with van der Waals surface area (Å²) in [6.45, 7) is 6.64. The molecule has 4 heteroatoms. The number of carbonyl (C=O) groups excluding carboxylic acids is 1. The van der Waals surface area contributed by atoms with Crippen LogP contribution in [0.2, 0.25) is 0 Å². The first-order valence-electron chi connectivity index (χ1n) is 6.64. The van der Waals surface area contributed by atoms with Gasteiger partial charge in [-0.1, -0.05) is 12.1 Å². The topological polar surface area (TPSA) is 41.6 Å². The number of amides is 1. The second-order valence-electron chi connectivity index (χ2n) is 4.74. The maximum atomic E-state index is 12.0. The first-order chi connectivity index (χ1) is 8.99. The van der Waals surface area contributed by atoms with Crippen molar-refractivity contribution in [2.75, 3.05) is 20.7 Å². The molecule has 2 unspecified atom stereocenters. The molecule has 1 rings (SSSR count). The number of nitrogens with zero attached hydrogens (tertiary/aromatic N) is 1. The number of methoxy groups -OCH3 is 1. The van der Waals surface area contributed by atoms with Gasteiger partial charge in [0.05, 0.1) is 13.2 Å². The Labute approximate surface area is 115 Å². The molecule has 19 heavy (non-hydrogen) atoms. The van der Waals surface area contributed by atoms with Crippen molar-refractivity contribution < 1.29 is 9.53 Å². The van der Waals surface area contributed by atoms with Crippen molar-refractivity contribution in [3.8, 4) is 5.75 Å². The lowest BCUT2D eigenvalue weighted by atomic mass is 10.1. The number of rotatable bonds is 6. The van der Waals surface area contributed by atoms with Gasteiger partial charge in [0.2, 0.25) is 5.91 Å². The van der Waals surface area contributed by atoms with Crippen molar-refractivity contribution in [2.24, 2.45) is 0 Å². The lowest BCUT2D eigenvalue weighted by Gasteiger charge is -2.24. The summed E-state index contributed by atoms with van der Waals surface area (Å²) in [5, 5.41) is 3.32. The molecule has 0 bridgehead atoms. The van der Waals surface area contributed by atoms with Crippen molar-refractivity contribution in [3.63, 3.8) is 0 Å². The van der Waals surface area contributed by atoms with Gasteiger partial charge in [0.1, 0.15) is 5.75 Å². The normalized spacial score (nSPS) is 13.7. The van der Waals surface area contributed by atoms with E-state index in [9.17, 15) is 4.79 Å². The Kier molecular flexibility index (Phi) is 5.83. The highest BCUT2D eigenvalue weighted by Crippen LogP contribution is 2.17. The quantitative estimate of drug-likeness (QED) is 0.856. The molecule has 0 aliphatic rings. The second-order valence-corrected chi connectivity index (χ2v) is 4.74. The van der Waals surface area contributed by atoms with Crippen LogP contribution in [0.25, 0.3) is 0 Å². The predicted octanol–water partition coefficient (Wildman–Crippen LogP) is 2.21. The van der Waals surface area contributed by atoms with Crippen molar-refractivity contribution in [1.29, 1.82) is 0 Å². The van der Waals surface area contributed by atoms with Gasteiger partial charge in [0.15, 0.2) is 0 Å². The van der Waals surface area contributed by atoms with E-state index >= 15 is 0 Å². The number of benzene rings is 1. The molecule has 4 nitrogen and oxygen atoms in total. The van der Waals surface area contributed by atoms with Crippen molar-refractivity contribution >= 4 is 5.91 Å². The van der Waals surface area contributed by atoms with Gasteiger partial charge in [-0.15, -0.1) is 0 Å². The van der Waals surface area contributed by atoms with Crippen LogP contribution in [0.5, 0.6) is 5.75 Å². The average Bonchev–Trinajstić information content (AvgIpc) is 2.45. The summed E-state index contributed by atoms with van der Waals surface area (Å²) in [5.74, 6) is 0.952. The molecular weight excluding hydrogens is 240 g/mol. The molecule has 0 saturated carbocycles. The zero-order valence-electron chi connectivity index (χ0n) is 12.4. The number of ether oxygens (including phenoxy) is 1. The SMILES string of the molecule is CCN(C)C(=O)C(C)NC(C)c1ccc(OC)cc1. The Balaban J connectivity index is 2.62. The van der Waals surface area contributed by atoms with Crippen LogP contribution in [0, 0.1) is 0 Å². The fourth-order valence-corrected chi connectivity index (χ4v) is 1.92. The van der Waals surface area contributed by atoms with E-state index in [0.29, 0.717) is 0 Å². The van der Waals surface area contributed by atoms with Crippen LogP contribution in [-0.4, -0.2) is 37.6 Å². The molecule has 1 aromatic carbocycles. The van der Waals surface area contributed by atoms with Crippen molar-refractivity contribution in [2.45, 2.75) is 32.9 Å². The molecule has 0 heterocycles. The van der Waals surface area contributed by atoms with Gasteiger partial charge < -0.3 is 9.64 Å². The van der Waals surface area contributed by atoms with E-state index in [1.54, 1.807) is 12.0 Å². The van der Waals surface area contributed by atoms with E-state index in [4.69, 9.17) is 4.74 Å². The third-order valence-corrected chi connectivity index (χ3v) is 3.34. The summed E-state index contributed by atoms with van der Waals surface area (Å²) in [5.41, 5.74) is 1.14. The summed E-state index contributed by atoms with van der Waals surface area (Å²) in [6, 6.07) is 7.81. The van der Waals surface area contributed by atoms with E-state index in [0.717, 1.165) is 17.9 Å². The molecule has 0 spiro atoms. The van der Waals surface area contributed by atoms with Gasteiger partial charge in [0, 0.05) is 19.6 Å². The zero-order chi connectivity index (χ0) is 14.4. The van der Waals surface area contributed by atoms with Gasteiger partial charge in [-0.2, -0.15) is 0 Å². The smallest absolute Gasteiger partial charge is 0.239 e. The fraction of sp³-hybridized carbons (Fsp3) is 0.533. The Hall–Kier alpha value is -1.55. The van der Waals surface area contributed by atoms with Crippen LogP contribution in [0.4, 0.5) is 0 Å². The highest BCUT2D eigenvalue weighted by Gasteiger charge is 2.18. The first kappa shape index (κ1) is 15.5. The maximum Gasteiger partial charge on any atom is 0.239 e. The number of nitrogens with one attached hydrogen (secondary N) is 1. The van der Waals surface area contributed by atoms with Crippen LogP contribution in [0.3, 0.4) is 0 Å². The Bertz CT molecular complexity index is 403. The molecule has 1 aromatic rings. The van der Waals surface area contributed by atoms with Crippen molar-refractivity contribution in [1.82, 2.24) is 10.2 Å². The molecule has 1 N–H and O–H groups in total.